The molecule has 0 aliphatic rings. The van der Waals surface area contributed by atoms with Gasteiger partial charge in [-0.25, -0.2) is 8.42 Å². The van der Waals surface area contributed by atoms with Crippen LogP contribution in [0, 0.1) is 0 Å². The van der Waals surface area contributed by atoms with E-state index in [9.17, 15) is 13.5 Å². The van der Waals surface area contributed by atoms with Crippen LogP contribution in [-0.2, 0) is 15.6 Å². The number of halogens is 1. The molecule has 138 valence electrons. The number of aliphatic hydroxyl groups excluding tert-OH is 1. The van der Waals surface area contributed by atoms with Crippen LogP contribution < -0.4 is 4.72 Å². The van der Waals surface area contributed by atoms with Crippen LogP contribution in [0.4, 0.5) is 5.69 Å². The van der Waals surface area contributed by atoms with Gasteiger partial charge in [0, 0.05) is 16.6 Å². The average Bonchev–Trinajstić information content (AvgIpc) is 3.03. The second-order valence-electron chi connectivity index (χ2n) is 6.35. The number of hydrogen-bond acceptors (Lipinski definition) is 3. The molecule has 2 N–H and O–H groups in total. The van der Waals surface area contributed by atoms with E-state index in [1.807, 2.05) is 42.0 Å². The van der Waals surface area contributed by atoms with E-state index in [1.54, 1.807) is 24.3 Å². The SMILES string of the molecule is CC[C@](CO)(c1ccc(Cl)cc1)n1ccc2c(NS(C)(=O)=O)cccc21. The van der Waals surface area contributed by atoms with Gasteiger partial charge in [0.1, 0.15) is 0 Å². The summed E-state index contributed by atoms with van der Waals surface area (Å²) in [5.41, 5.74) is 1.62. The van der Waals surface area contributed by atoms with Crippen molar-refractivity contribution in [1.82, 2.24) is 4.57 Å². The molecule has 0 saturated carbocycles. The van der Waals surface area contributed by atoms with Gasteiger partial charge in [-0.15, -0.1) is 0 Å². The van der Waals surface area contributed by atoms with Crippen molar-refractivity contribution in [2.45, 2.75) is 18.9 Å². The Balaban J connectivity index is 2.22. The van der Waals surface area contributed by atoms with Crippen LogP contribution in [0.3, 0.4) is 0 Å². The lowest BCUT2D eigenvalue weighted by Crippen LogP contribution is -2.37. The maximum atomic E-state index is 11.6. The van der Waals surface area contributed by atoms with Crippen molar-refractivity contribution in [3.05, 3.63) is 65.3 Å². The van der Waals surface area contributed by atoms with Crippen LogP contribution in [0.25, 0.3) is 10.9 Å². The topological polar surface area (TPSA) is 71.3 Å². The number of nitrogens with zero attached hydrogens (tertiary/aromatic N) is 1. The zero-order chi connectivity index (χ0) is 18.9. The summed E-state index contributed by atoms with van der Waals surface area (Å²) in [6.45, 7) is 1.91. The molecule has 3 rings (SSSR count). The zero-order valence-electron chi connectivity index (χ0n) is 14.6. The van der Waals surface area contributed by atoms with E-state index >= 15 is 0 Å². The third kappa shape index (κ3) is 3.32. The van der Waals surface area contributed by atoms with Crippen LogP contribution >= 0.6 is 11.6 Å². The Morgan fingerprint density at radius 3 is 2.42 bits per heavy atom. The average molecular weight is 393 g/mol. The molecule has 0 bridgehead atoms. The van der Waals surface area contributed by atoms with Gasteiger partial charge in [0.25, 0.3) is 0 Å². The summed E-state index contributed by atoms with van der Waals surface area (Å²) in [6, 6.07) is 14.7. The number of aromatic nitrogens is 1. The minimum absolute atomic E-state index is 0.0986. The molecule has 0 spiro atoms. The summed E-state index contributed by atoms with van der Waals surface area (Å²) >= 11 is 6.02. The molecule has 0 amide bonds. The predicted molar refractivity (Wildman–Crippen MR) is 106 cm³/mol. The molecule has 0 saturated heterocycles. The van der Waals surface area contributed by atoms with Crippen LogP contribution in [0.2, 0.25) is 5.02 Å². The standard InChI is InChI=1S/C19H21ClN2O3S/c1-3-19(13-23,14-7-9-15(20)10-8-14)22-12-11-16-17(21-26(2,24)25)5-4-6-18(16)22/h4-12,21,23H,3,13H2,1-2H3/t19-/m0/s1. The molecule has 0 aliphatic heterocycles. The van der Waals surface area contributed by atoms with Crippen molar-refractivity contribution in [1.29, 1.82) is 0 Å². The van der Waals surface area contributed by atoms with Crippen LogP contribution in [0.5, 0.6) is 0 Å². The molecule has 0 radical (unpaired) electrons. The van der Waals surface area contributed by atoms with E-state index in [0.717, 1.165) is 22.7 Å². The molecular weight excluding hydrogens is 372 g/mol. The van der Waals surface area contributed by atoms with Crippen molar-refractivity contribution in [2.24, 2.45) is 0 Å². The van der Waals surface area contributed by atoms with E-state index in [1.165, 1.54) is 0 Å². The fraction of sp³-hybridized carbons (Fsp3) is 0.263. The number of hydrogen-bond donors (Lipinski definition) is 2. The lowest BCUT2D eigenvalue weighted by atomic mass is 9.87. The van der Waals surface area contributed by atoms with E-state index < -0.39 is 15.6 Å². The van der Waals surface area contributed by atoms with E-state index in [0.29, 0.717) is 17.1 Å². The third-order valence-corrected chi connectivity index (χ3v) is 5.56. The number of sulfonamides is 1. The van der Waals surface area contributed by atoms with Crippen LogP contribution in [-0.4, -0.2) is 31.0 Å². The van der Waals surface area contributed by atoms with Gasteiger partial charge in [0.05, 0.1) is 29.6 Å². The summed E-state index contributed by atoms with van der Waals surface area (Å²) in [5, 5.41) is 11.7. The fourth-order valence-electron chi connectivity index (χ4n) is 3.38. The summed E-state index contributed by atoms with van der Waals surface area (Å²) < 4.78 is 27.8. The van der Waals surface area contributed by atoms with E-state index in [4.69, 9.17) is 11.6 Å². The number of fused-ring (bicyclic) bond motifs is 1. The Morgan fingerprint density at radius 2 is 1.85 bits per heavy atom. The van der Waals surface area contributed by atoms with Gasteiger partial charge in [0.15, 0.2) is 0 Å². The number of anilines is 1. The van der Waals surface area contributed by atoms with Crippen LogP contribution in [0.15, 0.2) is 54.7 Å². The first-order valence-corrected chi connectivity index (χ1v) is 10.5. The van der Waals surface area contributed by atoms with Gasteiger partial charge in [0.2, 0.25) is 10.0 Å². The highest BCUT2D eigenvalue weighted by Gasteiger charge is 2.32. The zero-order valence-corrected chi connectivity index (χ0v) is 16.2. The van der Waals surface area contributed by atoms with Gasteiger partial charge >= 0.3 is 0 Å². The van der Waals surface area contributed by atoms with Gasteiger partial charge in [-0.2, -0.15) is 0 Å². The lowest BCUT2D eigenvalue weighted by molar-refractivity contribution is 0.165. The normalized spacial score (nSPS) is 14.3. The van der Waals surface area contributed by atoms with Crippen LogP contribution in [0.1, 0.15) is 18.9 Å². The molecule has 1 atom stereocenters. The highest BCUT2D eigenvalue weighted by molar-refractivity contribution is 7.92. The summed E-state index contributed by atoms with van der Waals surface area (Å²) in [6.07, 6.45) is 3.66. The van der Waals surface area contributed by atoms with Gasteiger partial charge in [-0.05, 0) is 42.3 Å². The largest absolute Gasteiger partial charge is 0.394 e. The minimum Gasteiger partial charge on any atom is -0.394 e. The van der Waals surface area contributed by atoms with Crippen molar-refractivity contribution < 1.29 is 13.5 Å². The van der Waals surface area contributed by atoms with Crippen molar-refractivity contribution in [3.8, 4) is 0 Å². The lowest BCUT2D eigenvalue weighted by Gasteiger charge is -2.34. The second kappa shape index (κ2) is 6.95. The highest BCUT2D eigenvalue weighted by Crippen LogP contribution is 2.36. The molecule has 2 aromatic carbocycles. The molecule has 5 nitrogen and oxygen atoms in total. The Labute approximate surface area is 158 Å². The number of benzene rings is 2. The molecule has 0 aliphatic carbocycles. The molecular formula is C19H21ClN2O3S. The van der Waals surface area contributed by atoms with E-state index in [-0.39, 0.29) is 6.61 Å². The molecule has 1 aromatic heterocycles. The molecule has 26 heavy (non-hydrogen) atoms. The molecule has 7 heteroatoms. The first-order chi connectivity index (χ1) is 12.3. The van der Waals surface area contributed by atoms with E-state index in [2.05, 4.69) is 4.72 Å². The highest BCUT2D eigenvalue weighted by atomic mass is 35.5. The summed E-state index contributed by atoms with van der Waals surface area (Å²) in [5.74, 6) is 0. The van der Waals surface area contributed by atoms with Gasteiger partial charge < -0.3 is 9.67 Å². The smallest absolute Gasteiger partial charge is 0.229 e. The molecule has 0 fully saturated rings. The summed E-state index contributed by atoms with van der Waals surface area (Å²) in [7, 11) is -3.39. The van der Waals surface area contributed by atoms with Crippen molar-refractivity contribution in [2.75, 3.05) is 17.6 Å². The first kappa shape index (κ1) is 18.8. The summed E-state index contributed by atoms with van der Waals surface area (Å²) in [4.78, 5) is 0. The molecule has 1 heterocycles. The maximum Gasteiger partial charge on any atom is 0.229 e. The number of rotatable bonds is 6. The minimum atomic E-state index is -3.39. The molecule has 0 unspecified atom stereocenters. The maximum absolute atomic E-state index is 11.6. The third-order valence-electron chi connectivity index (χ3n) is 4.72. The quantitative estimate of drug-likeness (QED) is 0.670. The van der Waals surface area contributed by atoms with Gasteiger partial charge in [-0.3, -0.25) is 4.72 Å². The van der Waals surface area contributed by atoms with Gasteiger partial charge in [-0.1, -0.05) is 36.7 Å². The number of aliphatic hydroxyl groups is 1. The van der Waals surface area contributed by atoms with Crippen molar-refractivity contribution in [3.63, 3.8) is 0 Å². The number of nitrogens with one attached hydrogen (secondary N) is 1. The fourth-order valence-corrected chi connectivity index (χ4v) is 4.09. The Bertz CT molecular complexity index is 1020. The monoisotopic (exact) mass is 392 g/mol. The predicted octanol–water partition coefficient (Wildman–Crippen LogP) is 3.81. The second-order valence-corrected chi connectivity index (χ2v) is 8.53. The Kier molecular flexibility index (Phi) is 5.01. The van der Waals surface area contributed by atoms with Crippen molar-refractivity contribution >= 4 is 38.2 Å². The first-order valence-electron chi connectivity index (χ1n) is 8.26. The Hall–Kier alpha value is -2.02. The molecule has 3 aromatic rings. The Morgan fingerprint density at radius 1 is 1.15 bits per heavy atom.